The van der Waals surface area contributed by atoms with E-state index in [-0.39, 0.29) is 5.91 Å². The van der Waals surface area contributed by atoms with Crippen LogP contribution in [0.4, 0.5) is 0 Å². The number of likely N-dealkylation sites (tertiary alicyclic amines) is 1. The number of carbonyl (C=O) groups excluding carboxylic acids is 1. The van der Waals surface area contributed by atoms with Gasteiger partial charge in [-0.3, -0.25) is 4.79 Å². The Balaban J connectivity index is 2.37. The van der Waals surface area contributed by atoms with Crippen molar-refractivity contribution in [3.8, 4) is 11.5 Å². The second-order valence-corrected chi connectivity index (χ2v) is 5.24. The van der Waals surface area contributed by atoms with Gasteiger partial charge in [0.05, 0.1) is 30.4 Å². The van der Waals surface area contributed by atoms with Gasteiger partial charge >= 0.3 is 0 Å². The molecule has 0 unspecified atom stereocenters. The molecule has 0 radical (unpaired) electrons. The van der Waals surface area contributed by atoms with Gasteiger partial charge in [-0.1, -0.05) is 0 Å². The summed E-state index contributed by atoms with van der Waals surface area (Å²) >= 11 is 3.36. The zero-order valence-corrected chi connectivity index (χ0v) is 12.4. The van der Waals surface area contributed by atoms with Gasteiger partial charge in [0.2, 0.25) is 0 Å². The number of aliphatic hydroxyl groups excluding tert-OH is 1. The van der Waals surface area contributed by atoms with Gasteiger partial charge in [0.25, 0.3) is 5.91 Å². The van der Waals surface area contributed by atoms with Crippen LogP contribution in [-0.2, 0) is 0 Å². The van der Waals surface area contributed by atoms with E-state index in [0.717, 1.165) is 0 Å². The minimum atomic E-state index is -0.441. The van der Waals surface area contributed by atoms with Gasteiger partial charge in [0.1, 0.15) is 11.5 Å². The van der Waals surface area contributed by atoms with E-state index in [1.807, 2.05) is 0 Å². The van der Waals surface area contributed by atoms with Crippen molar-refractivity contribution in [3.63, 3.8) is 0 Å². The van der Waals surface area contributed by atoms with E-state index >= 15 is 0 Å². The number of rotatable bonds is 3. The van der Waals surface area contributed by atoms with E-state index in [1.165, 1.54) is 7.11 Å². The molecule has 1 aromatic rings. The first kappa shape index (κ1) is 14.1. The Kier molecular flexibility index (Phi) is 4.31. The average Bonchev–Trinajstić information content (AvgIpc) is 2.83. The molecule has 1 aromatic carbocycles. The maximum absolute atomic E-state index is 12.5. The molecule has 0 saturated carbocycles. The van der Waals surface area contributed by atoms with Crippen LogP contribution < -0.4 is 9.47 Å². The Morgan fingerprint density at radius 1 is 1.42 bits per heavy atom. The predicted molar refractivity (Wildman–Crippen MR) is 73.8 cm³/mol. The number of carbonyl (C=O) groups is 1. The normalized spacial score (nSPS) is 18.5. The molecule has 6 heteroatoms. The van der Waals surface area contributed by atoms with Gasteiger partial charge in [-0.25, -0.2) is 0 Å². The second kappa shape index (κ2) is 5.79. The van der Waals surface area contributed by atoms with Crippen molar-refractivity contribution in [1.82, 2.24) is 4.90 Å². The Bertz CT molecular complexity index is 492. The van der Waals surface area contributed by atoms with Crippen LogP contribution in [0.1, 0.15) is 16.8 Å². The van der Waals surface area contributed by atoms with Gasteiger partial charge in [-0.05, 0) is 34.5 Å². The monoisotopic (exact) mass is 329 g/mol. The molecule has 1 saturated heterocycles. The fraction of sp³-hybridized carbons (Fsp3) is 0.462. The Morgan fingerprint density at radius 3 is 2.68 bits per heavy atom. The molecule has 0 aliphatic carbocycles. The van der Waals surface area contributed by atoms with Gasteiger partial charge in [-0.2, -0.15) is 0 Å². The highest BCUT2D eigenvalue weighted by molar-refractivity contribution is 9.10. The minimum Gasteiger partial charge on any atom is -0.497 e. The molecule has 5 nitrogen and oxygen atoms in total. The molecule has 0 aromatic heterocycles. The van der Waals surface area contributed by atoms with Crippen molar-refractivity contribution in [2.75, 3.05) is 27.3 Å². The predicted octanol–water partition coefficient (Wildman–Crippen LogP) is 1.67. The number of halogens is 1. The van der Waals surface area contributed by atoms with Crippen LogP contribution in [0.5, 0.6) is 11.5 Å². The van der Waals surface area contributed by atoms with Crippen LogP contribution >= 0.6 is 15.9 Å². The maximum Gasteiger partial charge on any atom is 0.257 e. The topological polar surface area (TPSA) is 59.0 Å². The highest BCUT2D eigenvalue weighted by Crippen LogP contribution is 2.34. The third kappa shape index (κ3) is 2.84. The summed E-state index contributed by atoms with van der Waals surface area (Å²) in [6.07, 6.45) is 0.170. The van der Waals surface area contributed by atoms with E-state index in [0.29, 0.717) is 41.0 Å². The SMILES string of the molecule is COc1cc(Br)c(OC)c(C(=O)N2CC[C@@H](O)C2)c1. The Labute approximate surface area is 120 Å². The zero-order chi connectivity index (χ0) is 14.0. The number of ether oxygens (including phenoxy) is 2. The molecule has 0 spiro atoms. The number of aliphatic hydroxyl groups is 1. The van der Waals surface area contributed by atoms with E-state index < -0.39 is 6.10 Å². The molecule has 0 bridgehead atoms. The molecule has 1 fully saturated rings. The molecule has 2 rings (SSSR count). The molecule has 104 valence electrons. The first-order valence-corrected chi connectivity index (χ1v) is 6.75. The first-order chi connectivity index (χ1) is 9.06. The summed E-state index contributed by atoms with van der Waals surface area (Å²) in [5, 5.41) is 9.52. The summed E-state index contributed by atoms with van der Waals surface area (Å²) in [5.41, 5.74) is 0.433. The van der Waals surface area contributed by atoms with Crippen molar-refractivity contribution in [1.29, 1.82) is 0 Å². The lowest BCUT2D eigenvalue weighted by Crippen LogP contribution is -2.29. The molecule has 1 aliphatic heterocycles. The third-order valence-electron chi connectivity index (χ3n) is 3.14. The summed E-state index contributed by atoms with van der Waals surface area (Å²) in [6.45, 7) is 0.912. The van der Waals surface area contributed by atoms with Crippen LogP contribution in [0.15, 0.2) is 16.6 Å². The second-order valence-electron chi connectivity index (χ2n) is 4.38. The maximum atomic E-state index is 12.5. The van der Waals surface area contributed by atoms with E-state index in [2.05, 4.69) is 15.9 Å². The molecule has 1 heterocycles. The van der Waals surface area contributed by atoms with Crippen LogP contribution in [0.2, 0.25) is 0 Å². The van der Waals surface area contributed by atoms with E-state index in [9.17, 15) is 9.90 Å². The summed E-state index contributed by atoms with van der Waals surface area (Å²) in [4.78, 5) is 14.1. The molecular formula is C13H16BrNO4. The molecule has 1 aliphatic rings. The first-order valence-electron chi connectivity index (χ1n) is 5.95. The van der Waals surface area contributed by atoms with Gasteiger partial charge < -0.3 is 19.5 Å². The van der Waals surface area contributed by atoms with Gasteiger partial charge in [-0.15, -0.1) is 0 Å². The van der Waals surface area contributed by atoms with Crippen molar-refractivity contribution in [3.05, 3.63) is 22.2 Å². The van der Waals surface area contributed by atoms with Crippen LogP contribution in [-0.4, -0.2) is 49.3 Å². The third-order valence-corrected chi connectivity index (χ3v) is 3.73. The molecule has 1 N–H and O–H groups in total. The number of methoxy groups -OCH3 is 2. The summed E-state index contributed by atoms with van der Waals surface area (Å²) < 4.78 is 11.1. The van der Waals surface area contributed by atoms with Crippen LogP contribution in [0.25, 0.3) is 0 Å². The fourth-order valence-corrected chi connectivity index (χ4v) is 2.75. The number of amides is 1. The summed E-state index contributed by atoms with van der Waals surface area (Å²) in [7, 11) is 3.06. The van der Waals surface area contributed by atoms with Crippen molar-refractivity contribution < 1.29 is 19.4 Å². The van der Waals surface area contributed by atoms with Gasteiger partial charge in [0, 0.05) is 13.1 Å². The summed E-state index contributed by atoms with van der Waals surface area (Å²) in [5.74, 6) is 0.899. The average molecular weight is 330 g/mol. The Morgan fingerprint density at radius 2 is 2.16 bits per heavy atom. The number of β-amino-alcohol motifs (C(OH)–C–C–N with tert-alkyl or cyclic N) is 1. The largest absolute Gasteiger partial charge is 0.497 e. The van der Waals surface area contributed by atoms with Crippen molar-refractivity contribution >= 4 is 21.8 Å². The molecule has 1 atom stereocenters. The van der Waals surface area contributed by atoms with E-state index in [4.69, 9.17) is 9.47 Å². The zero-order valence-electron chi connectivity index (χ0n) is 10.9. The number of nitrogens with zero attached hydrogens (tertiary/aromatic N) is 1. The number of hydrogen-bond donors (Lipinski definition) is 1. The standard InChI is InChI=1S/C13H16BrNO4/c1-18-9-5-10(12(19-2)11(14)6-9)13(17)15-4-3-8(16)7-15/h5-6,8,16H,3-4,7H2,1-2H3/t8-/m1/s1. The molecular weight excluding hydrogens is 314 g/mol. The summed E-state index contributed by atoms with van der Waals surface area (Å²) in [6, 6.07) is 3.39. The lowest BCUT2D eigenvalue weighted by Gasteiger charge is -2.18. The lowest BCUT2D eigenvalue weighted by molar-refractivity contribution is 0.0761. The van der Waals surface area contributed by atoms with E-state index in [1.54, 1.807) is 24.1 Å². The Hall–Kier alpha value is -1.27. The quantitative estimate of drug-likeness (QED) is 0.916. The van der Waals surface area contributed by atoms with Crippen LogP contribution in [0.3, 0.4) is 0 Å². The minimum absolute atomic E-state index is 0.159. The fourth-order valence-electron chi connectivity index (χ4n) is 2.15. The highest BCUT2D eigenvalue weighted by atomic mass is 79.9. The van der Waals surface area contributed by atoms with Crippen molar-refractivity contribution in [2.45, 2.75) is 12.5 Å². The van der Waals surface area contributed by atoms with Crippen molar-refractivity contribution in [2.24, 2.45) is 0 Å². The number of hydrogen-bond acceptors (Lipinski definition) is 4. The van der Waals surface area contributed by atoms with Crippen LogP contribution in [0, 0.1) is 0 Å². The highest BCUT2D eigenvalue weighted by Gasteiger charge is 2.28. The number of benzene rings is 1. The molecule has 19 heavy (non-hydrogen) atoms. The van der Waals surface area contributed by atoms with Gasteiger partial charge in [0.15, 0.2) is 0 Å². The smallest absolute Gasteiger partial charge is 0.257 e. The molecule has 1 amide bonds. The lowest BCUT2D eigenvalue weighted by atomic mass is 10.1.